The third kappa shape index (κ3) is 4.03. The standard InChI is InChI=1S/C20H19N5O2/c26-18(23-15-8-9-15)12-22-20(27)17-13-25(16-6-2-1-3-7-16)24-19(17)14-5-4-10-21-11-14/h1-7,10-11,13,15H,8-9,12H2,(H,22,27)(H,23,26). The number of benzene rings is 1. The molecule has 3 aromatic rings. The second-order valence-corrected chi connectivity index (χ2v) is 6.44. The van der Waals surface area contributed by atoms with Gasteiger partial charge in [-0.2, -0.15) is 5.10 Å². The Hall–Kier alpha value is -3.48. The maximum atomic E-state index is 12.7. The van der Waals surface area contributed by atoms with Gasteiger partial charge in [-0.1, -0.05) is 18.2 Å². The smallest absolute Gasteiger partial charge is 0.255 e. The molecule has 0 saturated heterocycles. The summed E-state index contributed by atoms with van der Waals surface area (Å²) >= 11 is 0. The van der Waals surface area contributed by atoms with Crippen LogP contribution in [0.5, 0.6) is 0 Å². The molecule has 2 N–H and O–H groups in total. The lowest BCUT2D eigenvalue weighted by Crippen LogP contribution is -2.37. The molecule has 0 bridgehead atoms. The molecule has 2 amide bonds. The van der Waals surface area contributed by atoms with Crippen LogP contribution in [0.15, 0.2) is 61.1 Å². The lowest BCUT2D eigenvalue weighted by Gasteiger charge is -2.06. The first-order chi connectivity index (χ1) is 13.2. The molecule has 7 heteroatoms. The van der Waals surface area contributed by atoms with Crippen LogP contribution in [-0.4, -0.2) is 39.2 Å². The van der Waals surface area contributed by atoms with Crippen LogP contribution in [0.2, 0.25) is 0 Å². The van der Waals surface area contributed by atoms with Gasteiger partial charge in [0.15, 0.2) is 0 Å². The quantitative estimate of drug-likeness (QED) is 0.702. The summed E-state index contributed by atoms with van der Waals surface area (Å²) in [6.45, 7) is -0.0572. The highest BCUT2D eigenvalue weighted by Gasteiger charge is 2.24. The molecule has 1 fully saturated rings. The Morgan fingerprint density at radius 1 is 1.11 bits per heavy atom. The van der Waals surface area contributed by atoms with Crippen molar-refractivity contribution in [3.63, 3.8) is 0 Å². The molecule has 1 aliphatic rings. The van der Waals surface area contributed by atoms with Crippen molar-refractivity contribution in [1.82, 2.24) is 25.4 Å². The number of amides is 2. The molecule has 0 radical (unpaired) electrons. The van der Waals surface area contributed by atoms with E-state index in [1.54, 1.807) is 29.3 Å². The third-order valence-corrected chi connectivity index (χ3v) is 4.27. The molecule has 2 heterocycles. The Kier molecular flexibility index (Phi) is 4.65. The highest BCUT2D eigenvalue weighted by molar-refractivity contribution is 6.01. The molecule has 1 saturated carbocycles. The summed E-state index contributed by atoms with van der Waals surface area (Å²) in [7, 11) is 0. The average molecular weight is 361 g/mol. The van der Waals surface area contributed by atoms with Gasteiger partial charge >= 0.3 is 0 Å². The first-order valence-electron chi connectivity index (χ1n) is 8.84. The van der Waals surface area contributed by atoms with Crippen molar-refractivity contribution in [2.75, 3.05) is 6.54 Å². The summed E-state index contributed by atoms with van der Waals surface area (Å²) in [5.74, 6) is -0.522. The molecule has 4 rings (SSSR count). The SMILES string of the molecule is O=C(CNC(=O)c1cn(-c2ccccc2)nc1-c1cccnc1)NC1CC1. The van der Waals surface area contributed by atoms with Gasteiger partial charge in [0, 0.05) is 30.2 Å². The Bertz CT molecular complexity index is 949. The Morgan fingerprint density at radius 3 is 2.63 bits per heavy atom. The number of carbonyl (C=O) groups is 2. The zero-order valence-corrected chi connectivity index (χ0v) is 14.6. The van der Waals surface area contributed by atoms with Crippen LogP contribution < -0.4 is 10.6 Å². The largest absolute Gasteiger partial charge is 0.352 e. The maximum absolute atomic E-state index is 12.7. The summed E-state index contributed by atoms with van der Waals surface area (Å²) in [4.78, 5) is 28.7. The minimum Gasteiger partial charge on any atom is -0.352 e. The zero-order valence-electron chi connectivity index (χ0n) is 14.6. The molecule has 7 nitrogen and oxygen atoms in total. The normalized spacial score (nSPS) is 13.2. The Labute approximate surface area is 156 Å². The van der Waals surface area contributed by atoms with Gasteiger partial charge in [-0.15, -0.1) is 0 Å². The molecule has 136 valence electrons. The number of hydrogen-bond donors (Lipinski definition) is 2. The number of nitrogens with one attached hydrogen (secondary N) is 2. The number of aromatic nitrogens is 3. The summed E-state index contributed by atoms with van der Waals surface area (Å²) < 4.78 is 1.65. The monoisotopic (exact) mass is 361 g/mol. The average Bonchev–Trinajstić information content (AvgIpc) is 3.41. The van der Waals surface area contributed by atoms with E-state index in [1.165, 1.54) is 0 Å². The first-order valence-corrected chi connectivity index (χ1v) is 8.84. The number of rotatable bonds is 6. The van der Waals surface area contributed by atoms with Gasteiger partial charge in [0.1, 0.15) is 5.69 Å². The highest BCUT2D eigenvalue weighted by atomic mass is 16.2. The molecule has 0 spiro atoms. The van der Waals surface area contributed by atoms with Gasteiger partial charge in [0.05, 0.1) is 17.8 Å². The van der Waals surface area contributed by atoms with Crippen LogP contribution in [0.1, 0.15) is 23.2 Å². The summed E-state index contributed by atoms with van der Waals surface area (Å²) in [6.07, 6.45) is 7.02. The fourth-order valence-corrected chi connectivity index (χ4v) is 2.73. The fourth-order valence-electron chi connectivity index (χ4n) is 2.73. The molecule has 0 unspecified atom stereocenters. The molecule has 1 aliphatic carbocycles. The minimum atomic E-state index is -0.345. The van der Waals surface area contributed by atoms with Crippen molar-refractivity contribution in [3.8, 4) is 16.9 Å². The highest BCUT2D eigenvalue weighted by Crippen LogP contribution is 2.23. The summed E-state index contributed by atoms with van der Waals surface area (Å²) in [5.41, 5.74) is 2.49. The van der Waals surface area contributed by atoms with Gasteiger partial charge in [0.2, 0.25) is 5.91 Å². The van der Waals surface area contributed by atoms with Gasteiger partial charge in [-0.05, 0) is 37.1 Å². The fraction of sp³-hybridized carbons (Fsp3) is 0.200. The van der Waals surface area contributed by atoms with Crippen molar-refractivity contribution in [3.05, 3.63) is 66.6 Å². The van der Waals surface area contributed by atoms with Crippen molar-refractivity contribution >= 4 is 11.8 Å². The predicted octanol–water partition coefficient (Wildman–Crippen LogP) is 1.94. The van der Waals surface area contributed by atoms with Gasteiger partial charge in [0.25, 0.3) is 5.91 Å². The molecular weight excluding hydrogens is 342 g/mol. The zero-order chi connectivity index (χ0) is 18.6. The number of hydrogen-bond acceptors (Lipinski definition) is 4. The maximum Gasteiger partial charge on any atom is 0.255 e. The Morgan fingerprint density at radius 2 is 1.93 bits per heavy atom. The van der Waals surface area contributed by atoms with E-state index in [9.17, 15) is 9.59 Å². The van der Waals surface area contributed by atoms with E-state index in [-0.39, 0.29) is 24.4 Å². The summed E-state index contributed by atoms with van der Waals surface area (Å²) in [6, 6.07) is 13.5. The molecular formula is C20H19N5O2. The van der Waals surface area contributed by atoms with Crippen LogP contribution in [0.3, 0.4) is 0 Å². The Balaban J connectivity index is 1.60. The van der Waals surface area contributed by atoms with E-state index in [0.717, 1.165) is 24.1 Å². The molecule has 0 atom stereocenters. The first kappa shape index (κ1) is 17.0. The molecule has 2 aromatic heterocycles. The van der Waals surface area contributed by atoms with E-state index in [2.05, 4.69) is 20.7 Å². The van der Waals surface area contributed by atoms with E-state index < -0.39 is 0 Å². The summed E-state index contributed by atoms with van der Waals surface area (Å²) in [5, 5.41) is 10.1. The third-order valence-electron chi connectivity index (χ3n) is 4.27. The van der Waals surface area contributed by atoms with E-state index in [1.807, 2.05) is 36.4 Å². The number of carbonyl (C=O) groups excluding carboxylic acids is 2. The van der Waals surface area contributed by atoms with Gasteiger partial charge < -0.3 is 10.6 Å². The van der Waals surface area contributed by atoms with Crippen LogP contribution >= 0.6 is 0 Å². The van der Waals surface area contributed by atoms with Crippen molar-refractivity contribution in [2.24, 2.45) is 0 Å². The second-order valence-electron chi connectivity index (χ2n) is 6.44. The van der Waals surface area contributed by atoms with Gasteiger partial charge in [-0.25, -0.2) is 4.68 Å². The van der Waals surface area contributed by atoms with Crippen molar-refractivity contribution < 1.29 is 9.59 Å². The van der Waals surface area contributed by atoms with E-state index >= 15 is 0 Å². The van der Waals surface area contributed by atoms with E-state index in [4.69, 9.17) is 0 Å². The lowest BCUT2D eigenvalue weighted by molar-refractivity contribution is -0.120. The number of nitrogens with zero attached hydrogens (tertiary/aromatic N) is 3. The lowest BCUT2D eigenvalue weighted by atomic mass is 10.1. The van der Waals surface area contributed by atoms with Gasteiger partial charge in [-0.3, -0.25) is 14.6 Å². The topological polar surface area (TPSA) is 88.9 Å². The van der Waals surface area contributed by atoms with Crippen LogP contribution in [0, 0.1) is 0 Å². The van der Waals surface area contributed by atoms with Crippen LogP contribution in [0.25, 0.3) is 16.9 Å². The predicted molar refractivity (Wildman–Crippen MR) is 100 cm³/mol. The second kappa shape index (κ2) is 7.41. The molecule has 27 heavy (non-hydrogen) atoms. The van der Waals surface area contributed by atoms with Crippen molar-refractivity contribution in [2.45, 2.75) is 18.9 Å². The van der Waals surface area contributed by atoms with Crippen LogP contribution in [0.4, 0.5) is 0 Å². The van der Waals surface area contributed by atoms with Crippen LogP contribution in [-0.2, 0) is 4.79 Å². The van der Waals surface area contributed by atoms with Crippen molar-refractivity contribution in [1.29, 1.82) is 0 Å². The van der Waals surface area contributed by atoms with E-state index in [0.29, 0.717) is 11.3 Å². The minimum absolute atomic E-state index is 0.0572. The number of para-hydroxylation sites is 1. The molecule has 1 aromatic carbocycles. The molecule has 0 aliphatic heterocycles. The number of pyridine rings is 1.